The average molecular weight is 372 g/mol. The first-order chi connectivity index (χ1) is 13.0. The summed E-state index contributed by atoms with van der Waals surface area (Å²) in [6.45, 7) is 0.679. The summed E-state index contributed by atoms with van der Waals surface area (Å²) in [6, 6.07) is 5.10. The van der Waals surface area contributed by atoms with Crippen molar-refractivity contribution in [3.8, 4) is 0 Å². The van der Waals surface area contributed by atoms with Gasteiger partial charge >= 0.3 is 0 Å². The molecular formula is C19H21FN4O3. The zero-order valence-corrected chi connectivity index (χ0v) is 15.0. The number of carbonyl (C=O) groups excluding carboxylic acids is 2. The fraction of sp³-hybridized carbons (Fsp3) is 0.421. The van der Waals surface area contributed by atoms with Gasteiger partial charge in [0.2, 0.25) is 5.91 Å². The normalized spacial score (nSPS) is 22.7. The molecule has 0 unspecified atom stereocenters. The summed E-state index contributed by atoms with van der Waals surface area (Å²) >= 11 is 0. The van der Waals surface area contributed by atoms with Crippen molar-refractivity contribution in [2.45, 2.75) is 31.5 Å². The number of benzene rings is 1. The maximum atomic E-state index is 13.3. The number of halogens is 1. The van der Waals surface area contributed by atoms with Crippen LogP contribution in [-0.4, -0.2) is 46.3 Å². The number of ether oxygens (including phenoxy) is 1. The number of rotatable bonds is 5. The Morgan fingerprint density at radius 3 is 2.78 bits per heavy atom. The van der Waals surface area contributed by atoms with E-state index in [9.17, 15) is 14.0 Å². The summed E-state index contributed by atoms with van der Waals surface area (Å²) in [5, 5.41) is 7.08. The number of likely N-dealkylation sites (N-methyl/N-ethyl adjacent to an activating group) is 1. The molecule has 4 rings (SSSR count). The number of nitrogens with one attached hydrogen (secondary N) is 1. The fourth-order valence-corrected chi connectivity index (χ4v) is 3.30. The van der Waals surface area contributed by atoms with Crippen molar-refractivity contribution < 1.29 is 18.7 Å². The maximum Gasteiger partial charge on any atom is 0.256 e. The summed E-state index contributed by atoms with van der Waals surface area (Å²) in [7, 11) is 1.62. The lowest BCUT2D eigenvalue weighted by molar-refractivity contribution is -0.160. The smallest absolute Gasteiger partial charge is 0.256 e. The van der Waals surface area contributed by atoms with Gasteiger partial charge in [0.25, 0.3) is 5.91 Å². The topological polar surface area (TPSA) is 76.5 Å². The number of morpholine rings is 1. The number of carbonyl (C=O) groups is 2. The Bertz CT molecular complexity index is 847. The third kappa shape index (κ3) is 3.85. The van der Waals surface area contributed by atoms with Crippen molar-refractivity contribution in [1.29, 1.82) is 0 Å². The molecule has 1 aliphatic heterocycles. The molecule has 1 saturated heterocycles. The highest BCUT2D eigenvalue weighted by Crippen LogP contribution is 2.31. The molecule has 0 radical (unpaired) electrons. The minimum atomic E-state index is -0.898. The summed E-state index contributed by atoms with van der Waals surface area (Å²) in [6.07, 6.45) is 4.94. The first-order valence-electron chi connectivity index (χ1n) is 8.97. The van der Waals surface area contributed by atoms with E-state index in [2.05, 4.69) is 10.4 Å². The molecule has 2 amide bonds. The van der Waals surface area contributed by atoms with Gasteiger partial charge < -0.3 is 15.0 Å². The summed E-state index contributed by atoms with van der Waals surface area (Å²) in [5.41, 5.74) is 1.22. The molecule has 0 spiro atoms. The molecule has 7 nitrogen and oxygen atoms in total. The van der Waals surface area contributed by atoms with Gasteiger partial charge in [0.05, 0.1) is 17.9 Å². The molecule has 8 heteroatoms. The van der Waals surface area contributed by atoms with Gasteiger partial charge in [-0.3, -0.25) is 14.3 Å². The van der Waals surface area contributed by atoms with Crippen LogP contribution in [0, 0.1) is 11.7 Å². The Labute approximate surface area is 156 Å². The van der Waals surface area contributed by atoms with Crippen molar-refractivity contribution in [1.82, 2.24) is 14.7 Å². The molecule has 1 saturated carbocycles. The van der Waals surface area contributed by atoms with Crippen molar-refractivity contribution in [2.24, 2.45) is 5.92 Å². The number of hydrogen-bond acceptors (Lipinski definition) is 4. The minimum Gasteiger partial charge on any atom is -0.356 e. The van der Waals surface area contributed by atoms with Crippen LogP contribution in [0.15, 0.2) is 36.7 Å². The number of anilines is 1. The Hall–Kier alpha value is -2.74. The second-order valence-electron chi connectivity index (χ2n) is 7.12. The monoisotopic (exact) mass is 372 g/mol. The molecule has 2 aromatic rings. The van der Waals surface area contributed by atoms with Gasteiger partial charge in [0, 0.05) is 19.8 Å². The molecule has 1 N–H and O–H groups in total. The lowest BCUT2D eigenvalue weighted by Crippen LogP contribution is -2.51. The first kappa shape index (κ1) is 17.7. The molecule has 142 valence electrons. The van der Waals surface area contributed by atoms with Gasteiger partial charge in [-0.05, 0) is 36.5 Å². The van der Waals surface area contributed by atoms with Gasteiger partial charge in [-0.1, -0.05) is 12.1 Å². The lowest BCUT2D eigenvalue weighted by atomic mass is 9.97. The van der Waals surface area contributed by atoms with Crippen LogP contribution in [0.5, 0.6) is 0 Å². The van der Waals surface area contributed by atoms with Crippen molar-refractivity contribution in [3.05, 3.63) is 48.0 Å². The van der Waals surface area contributed by atoms with E-state index in [0.29, 0.717) is 17.2 Å². The van der Waals surface area contributed by atoms with Crippen molar-refractivity contribution >= 4 is 17.5 Å². The van der Waals surface area contributed by atoms with E-state index in [1.165, 1.54) is 29.9 Å². The molecule has 2 atom stereocenters. The van der Waals surface area contributed by atoms with Crippen molar-refractivity contribution in [2.75, 3.05) is 19.0 Å². The van der Waals surface area contributed by atoms with E-state index in [4.69, 9.17) is 4.74 Å². The van der Waals surface area contributed by atoms with Crippen LogP contribution in [-0.2, 0) is 20.9 Å². The molecule has 2 fully saturated rings. The molecule has 2 heterocycles. The molecular weight excluding hydrogens is 351 g/mol. The van der Waals surface area contributed by atoms with Gasteiger partial charge in [0.15, 0.2) is 6.10 Å². The van der Waals surface area contributed by atoms with Crippen LogP contribution in [0.4, 0.5) is 10.1 Å². The van der Waals surface area contributed by atoms with E-state index in [-0.39, 0.29) is 24.2 Å². The third-order valence-electron chi connectivity index (χ3n) is 5.00. The minimum absolute atomic E-state index is 0.173. The quantitative estimate of drug-likeness (QED) is 0.871. The van der Waals surface area contributed by atoms with E-state index in [1.807, 2.05) is 4.68 Å². The molecule has 1 aliphatic carbocycles. The highest BCUT2D eigenvalue weighted by Gasteiger charge is 2.40. The summed E-state index contributed by atoms with van der Waals surface area (Å²) < 4.78 is 20.6. The second-order valence-corrected chi connectivity index (χ2v) is 7.12. The third-order valence-corrected chi connectivity index (χ3v) is 5.00. The zero-order valence-electron chi connectivity index (χ0n) is 15.0. The van der Waals surface area contributed by atoms with Gasteiger partial charge in [0.1, 0.15) is 12.4 Å². The predicted octanol–water partition coefficient (Wildman–Crippen LogP) is 1.97. The number of amides is 2. The Morgan fingerprint density at radius 2 is 2.07 bits per heavy atom. The van der Waals surface area contributed by atoms with Crippen LogP contribution < -0.4 is 5.32 Å². The lowest BCUT2D eigenvalue weighted by Gasteiger charge is -2.38. The number of aromatic nitrogens is 2. The summed E-state index contributed by atoms with van der Waals surface area (Å²) in [4.78, 5) is 26.4. The van der Waals surface area contributed by atoms with Crippen LogP contribution in [0.3, 0.4) is 0 Å². The highest BCUT2D eigenvalue weighted by atomic mass is 19.1. The molecule has 2 aliphatic rings. The SMILES string of the molecule is CN1C(=O)CO[C@@H](C(=O)Nc2cnn(CC3CC3)c2)[C@@H]1c1ccc(F)cc1. The molecule has 1 aromatic heterocycles. The van der Waals surface area contributed by atoms with Crippen LogP contribution >= 0.6 is 0 Å². The molecule has 27 heavy (non-hydrogen) atoms. The van der Waals surface area contributed by atoms with E-state index >= 15 is 0 Å². The standard InChI is InChI=1S/C19H21FN4O3/c1-23-16(25)11-27-18(17(23)13-4-6-14(20)7-5-13)19(26)22-15-8-21-24(10-15)9-12-2-3-12/h4-8,10,12,17-18H,2-3,9,11H2,1H3,(H,22,26)/t17-,18+/m0/s1. The fourth-order valence-electron chi connectivity index (χ4n) is 3.30. The van der Waals surface area contributed by atoms with Crippen LogP contribution in [0.2, 0.25) is 0 Å². The van der Waals surface area contributed by atoms with Crippen molar-refractivity contribution in [3.63, 3.8) is 0 Å². The Morgan fingerprint density at radius 1 is 1.33 bits per heavy atom. The second kappa shape index (κ2) is 7.11. The Kier molecular flexibility index (Phi) is 4.65. The van der Waals surface area contributed by atoms with Gasteiger partial charge in [-0.25, -0.2) is 4.39 Å². The van der Waals surface area contributed by atoms with Gasteiger partial charge in [-0.2, -0.15) is 5.10 Å². The highest BCUT2D eigenvalue weighted by molar-refractivity contribution is 5.96. The van der Waals surface area contributed by atoms with Gasteiger partial charge in [-0.15, -0.1) is 0 Å². The number of nitrogens with zero attached hydrogens (tertiary/aromatic N) is 3. The van der Waals surface area contributed by atoms with E-state index < -0.39 is 12.1 Å². The average Bonchev–Trinajstić information content (AvgIpc) is 3.36. The largest absolute Gasteiger partial charge is 0.356 e. The zero-order chi connectivity index (χ0) is 19.0. The van der Waals surface area contributed by atoms with E-state index in [1.54, 1.807) is 31.6 Å². The summed E-state index contributed by atoms with van der Waals surface area (Å²) in [5.74, 6) is -0.300. The Balaban J connectivity index is 1.51. The first-order valence-corrected chi connectivity index (χ1v) is 8.97. The molecule has 1 aromatic carbocycles. The number of hydrogen-bond donors (Lipinski definition) is 1. The van der Waals surface area contributed by atoms with Crippen LogP contribution in [0.1, 0.15) is 24.4 Å². The van der Waals surface area contributed by atoms with E-state index in [0.717, 1.165) is 6.54 Å². The maximum absolute atomic E-state index is 13.3. The molecule has 0 bridgehead atoms. The predicted molar refractivity (Wildman–Crippen MR) is 95.2 cm³/mol. The van der Waals surface area contributed by atoms with Crippen LogP contribution in [0.25, 0.3) is 0 Å².